The summed E-state index contributed by atoms with van der Waals surface area (Å²) in [4.78, 5) is 10.3. The summed E-state index contributed by atoms with van der Waals surface area (Å²) in [6, 6.07) is 0. The molecule has 0 radical (unpaired) electrons. The van der Waals surface area contributed by atoms with Gasteiger partial charge in [-0.05, 0) is 38.5 Å². The van der Waals surface area contributed by atoms with Crippen LogP contribution >= 0.6 is 0 Å². The first-order chi connectivity index (χ1) is 23.8. The molecule has 0 saturated heterocycles. The number of unbranched alkanes of at least 4 members (excludes halogenated alkanes) is 8. The number of aliphatic hydroxyl groups is 15. The normalized spacial score (nSPS) is 10.7. The number of rotatable bonds is 24. The molecule has 17 nitrogen and oxygen atoms in total. The van der Waals surface area contributed by atoms with Crippen molar-refractivity contribution in [3.05, 3.63) is 24.3 Å². The summed E-state index contributed by atoms with van der Waals surface area (Å²) >= 11 is 0. The topological polar surface area (TPSA) is 341 Å². The molecule has 306 valence electrons. The lowest BCUT2D eigenvalue weighted by atomic mass is 10.1. The summed E-state index contributed by atoms with van der Waals surface area (Å²) in [5, 5.41) is 129. The Balaban J connectivity index is -0.000000132. The predicted molar refractivity (Wildman–Crippen MR) is 188 cm³/mol. The highest BCUT2D eigenvalue weighted by Crippen LogP contribution is 2.08. The van der Waals surface area contributed by atoms with E-state index in [0.29, 0.717) is 6.42 Å². The molecule has 0 aliphatic rings. The number of hydrogen-bond acceptors (Lipinski definition) is 16. The smallest absolute Gasteiger partial charge is 0.303 e. The van der Waals surface area contributed by atoms with Gasteiger partial charge in [0.1, 0.15) is 30.5 Å². The van der Waals surface area contributed by atoms with Gasteiger partial charge in [-0.1, -0.05) is 63.3 Å². The predicted octanol–water partition coefficient (Wildman–Crippen LogP) is -2.46. The second-order valence-corrected chi connectivity index (χ2v) is 10.5. The molecule has 0 bridgehead atoms. The van der Waals surface area contributed by atoms with Crippen molar-refractivity contribution in [3.8, 4) is 0 Å². The van der Waals surface area contributed by atoms with Crippen LogP contribution < -0.4 is 0 Å². The average molecular weight is 741 g/mol. The second-order valence-electron chi connectivity index (χ2n) is 10.5. The van der Waals surface area contributed by atoms with E-state index in [-0.39, 0.29) is 66.1 Å². The summed E-state index contributed by atoms with van der Waals surface area (Å²) in [6.45, 7) is -1.41. The quantitative estimate of drug-likeness (QED) is 0.0360. The van der Waals surface area contributed by atoms with Crippen molar-refractivity contribution < 1.29 is 86.5 Å². The fraction of sp³-hybridized carbons (Fsp3) is 0.848. The fourth-order valence-corrected chi connectivity index (χ4v) is 2.38. The first-order valence-electron chi connectivity index (χ1n) is 16.8. The zero-order valence-electron chi connectivity index (χ0n) is 29.8. The van der Waals surface area contributed by atoms with Crippen LogP contribution in [-0.2, 0) is 4.79 Å². The summed E-state index contributed by atoms with van der Waals surface area (Å²) in [5.41, 5.74) is 0. The van der Waals surface area contributed by atoms with Gasteiger partial charge in [-0.3, -0.25) is 4.79 Å². The minimum atomic E-state index is -0.954. The lowest BCUT2D eigenvalue weighted by Crippen LogP contribution is -2.15. The first-order valence-corrected chi connectivity index (χ1v) is 16.8. The van der Waals surface area contributed by atoms with E-state index >= 15 is 0 Å². The molecule has 0 aromatic heterocycles. The Kier molecular flexibility index (Phi) is 68.6. The molecule has 0 fully saturated rings. The summed E-state index contributed by atoms with van der Waals surface area (Å²) in [7, 11) is 0. The standard InChI is InChI=1S/C18H32O2.5C3H8O3/c1-2-3-4-5-6-7-8-9-10-11-12-13-14-15-16-17-18(19)20;5*4-1-3(6)2-5/h6-7,9-10H,2-5,8,11-17H2,1H3,(H,19,20);5*3-6H,1-2H2/b7-6-,10-9-;;;;;. The van der Waals surface area contributed by atoms with Gasteiger partial charge in [0, 0.05) is 6.42 Å². The molecule has 0 spiro atoms. The van der Waals surface area contributed by atoms with Crippen LogP contribution in [-0.4, -0.2) is 184 Å². The number of carboxylic acid groups (broad SMARTS) is 1. The SMILES string of the molecule is CCCCC/C=C\C/C=C\CCCCCCCC(=O)O.OCC(O)CO.OCC(O)CO.OCC(O)CO.OCC(O)CO.OCC(O)CO. The molecule has 0 heterocycles. The maximum absolute atomic E-state index is 10.3. The monoisotopic (exact) mass is 740 g/mol. The number of aliphatic hydroxyl groups excluding tert-OH is 15. The largest absolute Gasteiger partial charge is 0.481 e. The third kappa shape index (κ3) is 76.3. The van der Waals surface area contributed by atoms with E-state index in [1.54, 1.807) is 0 Å². The molecule has 0 aliphatic carbocycles. The Labute approximate surface area is 297 Å². The molecule has 50 heavy (non-hydrogen) atoms. The van der Waals surface area contributed by atoms with Crippen LogP contribution in [0.5, 0.6) is 0 Å². The van der Waals surface area contributed by atoms with Gasteiger partial charge in [0.15, 0.2) is 0 Å². The van der Waals surface area contributed by atoms with Crippen molar-refractivity contribution in [3.63, 3.8) is 0 Å². The number of carboxylic acids is 1. The van der Waals surface area contributed by atoms with Crippen LogP contribution in [0.2, 0.25) is 0 Å². The molecule has 17 heteroatoms. The molecular formula is C33H72O17. The van der Waals surface area contributed by atoms with Gasteiger partial charge in [0.2, 0.25) is 0 Å². The highest BCUT2D eigenvalue weighted by atomic mass is 16.4. The zero-order chi connectivity index (χ0) is 39.8. The molecule has 0 aliphatic heterocycles. The highest BCUT2D eigenvalue weighted by Gasteiger charge is 1.97. The Morgan fingerprint density at radius 2 is 0.680 bits per heavy atom. The van der Waals surface area contributed by atoms with Crippen LogP contribution in [0.4, 0.5) is 0 Å². The summed E-state index contributed by atoms with van der Waals surface area (Å²) in [6.07, 6.45) is 17.5. The lowest BCUT2D eigenvalue weighted by Gasteiger charge is -1.98. The van der Waals surface area contributed by atoms with Crippen LogP contribution in [0.15, 0.2) is 24.3 Å². The van der Waals surface area contributed by atoms with Gasteiger partial charge >= 0.3 is 5.97 Å². The summed E-state index contributed by atoms with van der Waals surface area (Å²) < 4.78 is 0. The van der Waals surface area contributed by atoms with Crippen molar-refractivity contribution >= 4 is 5.97 Å². The molecule has 0 rings (SSSR count). The van der Waals surface area contributed by atoms with Crippen molar-refractivity contribution in [2.24, 2.45) is 0 Å². The Morgan fingerprint density at radius 3 is 0.920 bits per heavy atom. The van der Waals surface area contributed by atoms with Crippen LogP contribution in [0.1, 0.15) is 84.0 Å². The molecule has 0 amide bonds. The number of allylic oxidation sites excluding steroid dienone is 4. The number of hydrogen-bond donors (Lipinski definition) is 16. The fourth-order valence-electron chi connectivity index (χ4n) is 2.38. The van der Waals surface area contributed by atoms with E-state index in [4.69, 9.17) is 81.7 Å². The Morgan fingerprint density at radius 1 is 0.420 bits per heavy atom. The molecule has 0 saturated carbocycles. The van der Waals surface area contributed by atoms with E-state index in [1.807, 2.05) is 0 Å². The van der Waals surface area contributed by atoms with E-state index < -0.39 is 36.5 Å². The van der Waals surface area contributed by atoms with Gasteiger partial charge < -0.3 is 81.7 Å². The van der Waals surface area contributed by atoms with Crippen molar-refractivity contribution in [1.82, 2.24) is 0 Å². The van der Waals surface area contributed by atoms with E-state index in [1.165, 1.54) is 44.9 Å². The third-order valence-electron chi connectivity index (χ3n) is 5.45. The number of carbonyl (C=O) groups is 1. The van der Waals surface area contributed by atoms with Gasteiger partial charge in [0.05, 0.1) is 66.1 Å². The van der Waals surface area contributed by atoms with Crippen LogP contribution in [0, 0.1) is 0 Å². The number of aliphatic carboxylic acids is 1. The van der Waals surface area contributed by atoms with Crippen molar-refractivity contribution in [2.75, 3.05) is 66.1 Å². The van der Waals surface area contributed by atoms with Crippen LogP contribution in [0.25, 0.3) is 0 Å². The minimum Gasteiger partial charge on any atom is -0.481 e. The highest BCUT2D eigenvalue weighted by molar-refractivity contribution is 5.66. The second kappa shape index (κ2) is 56.7. The van der Waals surface area contributed by atoms with Crippen LogP contribution in [0.3, 0.4) is 0 Å². The lowest BCUT2D eigenvalue weighted by molar-refractivity contribution is -0.137. The Hall–Kier alpha value is -1.65. The van der Waals surface area contributed by atoms with Gasteiger partial charge in [-0.25, -0.2) is 0 Å². The van der Waals surface area contributed by atoms with Gasteiger partial charge in [0.25, 0.3) is 0 Å². The van der Waals surface area contributed by atoms with E-state index in [0.717, 1.165) is 25.7 Å². The van der Waals surface area contributed by atoms with E-state index in [9.17, 15) is 4.79 Å². The molecule has 0 aromatic carbocycles. The van der Waals surface area contributed by atoms with Gasteiger partial charge in [-0.15, -0.1) is 0 Å². The van der Waals surface area contributed by atoms with Gasteiger partial charge in [-0.2, -0.15) is 0 Å². The molecule has 0 atom stereocenters. The molecule has 0 unspecified atom stereocenters. The first kappa shape index (κ1) is 60.4. The minimum absolute atomic E-state index is 0.324. The maximum atomic E-state index is 10.3. The van der Waals surface area contributed by atoms with E-state index in [2.05, 4.69) is 31.2 Å². The molecule has 16 N–H and O–H groups in total. The van der Waals surface area contributed by atoms with Crippen molar-refractivity contribution in [2.45, 2.75) is 114 Å². The average Bonchev–Trinajstić information content (AvgIpc) is 3.15. The third-order valence-corrected chi connectivity index (χ3v) is 5.45. The summed E-state index contributed by atoms with van der Waals surface area (Å²) in [5.74, 6) is -0.671. The molecular weight excluding hydrogens is 668 g/mol. The Bertz CT molecular complexity index is 563. The maximum Gasteiger partial charge on any atom is 0.303 e. The van der Waals surface area contributed by atoms with Crippen molar-refractivity contribution in [1.29, 1.82) is 0 Å². The molecule has 0 aromatic rings. The zero-order valence-corrected chi connectivity index (χ0v) is 29.8.